The lowest BCUT2D eigenvalue weighted by atomic mass is 9.97. The fourth-order valence-corrected chi connectivity index (χ4v) is 3.19. The van der Waals surface area contributed by atoms with Crippen molar-refractivity contribution in [2.45, 2.75) is 45.3 Å². The summed E-state index contributed by atoms with van der Waals surface area (Å²) in [6, 6.07) is 9.82. The fourth-order valence-electron chi connectivity index (χ4n) is 3.19. The third kappa shape index (κ3) is 3.83. The highest BCUT2D eigenvalue weighted by atomic mass is 16.3. The highest BCUT2D eigenvalue weighted by molar-refractivity contribution is 5.94. The van der Waals surface area contributed by atoms with E-state index in [-0.39, 0.29) is 11.9 Å². The second kappa shape index (κ2) is 6.58. The van der Waals surface area contributed by atoms with Crippen molar-refractivity contribution in [2.24, 2.45) is 0 Å². The van der Waals surface area contributed by atoms with Gasteiger partial charge in [-0.1, -0.05) is 18.2 Å². The lowest BCUT2D eigenvalue weighted by Gasteiger charge is -2.34. The number of benzene rings is 1. The number of anilines is 1. The third-order valence-electron chi connectivity index (χ3n) is 4.20. The minimum Gasteiger partial charge on any atom is -0.389 e. The van der Waals surface area contributed by atoms with Gasteiger partial charge in [-0.15, -0.1) is 0 Å². The molecule has 1 atom stereocenters. The van der Waals surface area contributed by atoms with E-state index in [4.69, 9.17) is 0 Å². The molecule has 2 rings (SSSR count). The van der Waals surface area contributed by atoms with Gasteiger partial charge in [-0.3, -0.25) is 9.69 Å². The number of hydrogen-bond donors (Lipinski definition) is 1. The SMILES string of the molecule is CCN(C(=O)CN1CCCC1C(C)(C)O)c1ccccc1. The molecule has 1 heterocycles. The lowest BCUT2D eigenvalue weighted by Crippen LogP contribution is -2.49. The summed E-state index contributed by atoms with van der Waals surface area (Å²) in [6.07, 6.45) is 1.99. The van der Waals surface area contributed by atoms with E-state index >= 15 is 0 Å². The summed E-state index contributed by atoms with van der Waals surface area (Å²) < 4.78 is 0. The van der Waals surface area contributed by atoms with E-state index in [9.17, 15) is 9.90 Å². The zero-order chi connectivity index (χ0) is 15.5. The number of carbonyl (C=O) groups excluding carboxylic acids is 1. The van der Waals surface area contributed by atoms with E-state index in [0.717, 1.165) is 25.1 Å². The Morgan fingerprint density at radius 1 is 1.38 bits per heavy atom. The molecule has 21 heavy (non-hydrogen) atoms. The molecule has 0 aromatic heterocycles. The molecule has 4 heteroatoms. The van der Waals surface area contributed by atoms with Crippen LogP contribution >= 0.6 is 0 Å². The molecule has 0 radical (unpaired) electrons. The van der Waals surface area contributed by atoms with E-state index in [1.54, 1.807) is 4.90 Å². The Morgan fingerprint density at radius 2 is 2.05 bits per heavy atom. The van der Waals surface area contributed by atoms with E-state index in [1.807, 2.05) is 51.1 Å². The summed E-state index contributed by atoms with van der Waals surface area (Å²) in [5.41, 5.74) is 0.171. The van der Waals surface area contributed by atoms with Crippen LogP contribution in [0.25, 0.3) is 0 Å². The van der Waals surface area contributed by atoms with Crippen LogP contribution in [0.5, 0.6) is 0 Å². The summed E-state index contributed by atoms with van der Waals surface area (Å²) in [5, 5.41) is 10.2. The molecular weight excluding hydrogens is 264 g/mol. The molecule has 1 fully saturated rings. The number of hydrogen-bond acceptors (Lipinski definition) is 3. The normalized spacial score (nSPS) is 19.7. The van der Waals surface area contributed by atoms with Crippen molar-refractivity contribution >= 4 is 11.6 Å². The fraction of sp³-hybridized carbons (Fsp3) is 0.588. The first-order valence-electron chi connectivity index (χ1n) is 7.75. The van der Waals surface area contributed by atoms with Crippen LogP contribution in [0, 0.1) is 0 Å². The van der Waals surface area contributed by atoms with E-state index in [2.05, 4.69) is 4.90 Å². The first-order chi connectivity index (χ1) is 9.93. The van der Waals surface area contributed by atoms with Crippen LogP contribution in [0.1, 0.15) is 33.6 Å². The summed E-state index contributed by atoms with van der Waals surface area (Å²) in [6.45, 7) is 7.56. The number of aliphatic hydroxyl groups is 1. The van der Waals surface area contributed by atoms with Gasteiger partial charge in [-0.25, -0.2) is 0 Å². The molecule has 1 aromatic carbocycles. The molecule has 1 N–H and O–H groups in total. The van der Waals surface area contributed by atoms with Gasteiger partial charge >= 0.3 is 0 Å². The van der Waals surface area contributed by atoms with Gasteiger partial charge in [0.05, 0.1) is 12.1 Å². The first-order valence-corrected chi connectivity index (χ1v) is 7.75. The zero-order valence-corrected chi connectivity index (χ0v) is 13.2. The number of amides is 1. The Kier molecular flexibility index (Phi) is 5.01. The molecule has 1 aliphatic rings. The van der Waals surface area contributed by atoms with Crippen molar-refractivity contribution in [3.63, 3.8) is 0 Å². The van der Waals surface area contributed by atoms with Gasteiger partial charge in [0, 0.05) is 18.3 Å². The van der Waals surface area contributed by atoms with Crippen LogP contribution in [-0.4, -0.2) is 47.2 Å². The number of likely N-dealkylation sites (tertiary alicyclic amines) is 1. The van der Waals surface area contributed by atoms with Crippen molar-refractivity contribution in [3.8, 4) is 0 Å². The highest BCUT2D eigenvalue weighted by Gasteiger charge is 2.37. The summed E-state index contributed by atoms with van der Waals surface area (Å²) >= 11 is 0. The number of likely N-dealkylation sites (N-methyl/N-ethyl adjacent to an activating group) is 1. The minimum absolute atomic E-state index is 0.0657. The van der Waals surface area contributed by atoms with Gasteiger partial charge in [0.1, 0.15) is 0 Å². The monoisotopic (exact) mass is 290 g/mol. The molecule has 1 saturated heterocycles. The molecule has 0 saturated carbocycles. The van der Waals surface area contributed by atoms with E-state index in [1.165, 1.54) is 0 Å². The minimum atomic E-state index is -0.763. The molecule has 0 aliphatic carbocycles. The number of para-hydroxylation sites is 1. The Labute approximate surface area is 127 Å². The second-order valence-electron chi connectivity index (χ2n) is 6.26. The van der Waals surface area contributed by atoms with Crippen LogP contribution < -0.4 is 4.90 Å². The summed E-state index contributed by atoms with van der Waals surface area (Å²) in [5.74, 6) is 0.0971. The van der Waals surface area contributed by atoms with Gasteiger partial charge in [0.2, 0.25) is 5.91 Å². The number of rotatable bonds is 5. The first kappa shape index (κ1) is 16.0. The lowest BCUT2D eigenvalue weighted by molar-refractivity contribution is -0.121. The smallest absolute Gasteiger partial charge is 0.241 e. The Balaban J connectivity index is 2.06. The maximum absolute atomic E-state index is 12.6. The molecule has 4 nitrogen and oxygen atoms in total. The quantitative estimate of drug-likeness (QED) is 0.905. The van der Waals surface area contributed by atoms with Crippen LogP contribution in [0.15, 0.2) is 30.3 Å². The van der Waals surface area contributed by atoms with Gasteiger partial charge < -0.3 is 10.0 Å². The van der Waals surface area contributed by atoms with Crippen molar-refractivity contribution < 1.29 is 9.90 Å². The van der Waals surface area contributed by atoms with E-state index < -0.39 is 5.60 Å². The molecule has 1 amide bonds. The third-order valence-corrected chi connectivity index (χ3v) is 4.20. The standard InChI is InChI=1S/C17H26N2O2/c1-4-19(14-9-6-5-7-10-14)16(20)13-18-12-8-11-15(18)17(2,3)21/h5-7,9-10,15,21H,4,8,11-13H2,1-3H3. The Morgan fingerprint density at radius 3 is 2.62 bits per heavy atom. The molecule has 0 spiro atoms. The second-order valence-corrected chi connectivity index (χ2v) is 6.26. The van der Waals surface area contributed by atoms with Crippen LogP contribution in [0.2, 0.25) is 0 Å². The summed E-state index contributed by atoms with van der Waals surface area (Å²) in [4.78, 5) is 16.5. The average Bonchev–Trinajstić information content (AvgIpc) is 2.89. The van der Waals surface area contributed by atoms with Crippen LogP contribution in [-0.2, 0) is 4.79 Å². The zero-order valence-electron chi connectivity index (χ0n) is 13.2. The molecule has 116 valence electrons. The predicted molar refractivity (Wildman–Crippen MR) is 85.4 cm³/mol. The van der Waals surface area contributed by atoms with Crippen molar-refractivity contribution in [1.29, 1.82) is 0 Å². The average molecular weight is 290 g/mol. The Hall–Kier alpha value is -1.39. The predicted octanol–water partition coefficient (Wildman–Crippen LogP) is 2.27. The Bertz CT molecular complexity index is 467. The number of nitrogens with zero attached hydrogens (tertiary/aromatic N) is 2. The van der Waals surface area contributed by atoms with Gasteiger partial charge in [-0.05, 0) is 52.3 Å². The van der Waals surface area contributed by atoms with Crippen molar-refractivity contribution in [2.75, 3.05) is 24.5 Å². The highest BCUT2D eigenvalue weighted by Crippen LogP contribution is 2.26. The van der Waals surface area contributed by atoms with Gasteiger partial charge in [0.25, 0.3) is 0 Å². The van der Waals surface area contributed by atoms with Crippen molar-refractivity contribution in [3.05, 3.63) is 30.3 Å². The largest absolute Gasteiger partial charge is 0.389 e. The topological polar surface area (TPSA) is 43.8 Å². The summed E-state index contributed by atoms with van der Waals surface area (Å²) in [7, 11) is 0. The van der Waals surface area contributed by atoms with Crippen molar-refractivity contribution in [1.82, 2.24) is 4.90 Å². The molecule has 1 aliphatic heterocycles. The molecule has 1 aromatic rings. The van der Waals surface area contributed by atoms with Gasteiger partial charge in [0.15, 0.2) is 0 Å². The number of carbonyl (C=O) groups is 1. The van der Waals surface area contributed by atoms with Crippen LogP contribution in [0.3, 0.4) is 0 Å². The van der Waals surface area contributed by atoms with Crippen LogP contribution in [0.4, 0.5) is 5.69 Å². The molecule has 0 bridgehead atoms. The van der Waals surface area contributed by atoms with E-state index in [0.29, 0.717) is 13.1 Å². The maximum atomic E-state index is 12.6. The van der Waals surface area contributed by atoms with Gasteiger partial charge in [-0.2, -0.15) is 0 Å². The molecular formula is C17H26N2O2. The maximum Gasteiger partial charge on any atom is 0.241 e. The molecule has 1 unspecified atom stereocenters.